The topological polar surface area (TPSA) is 48.3 Å². The number of ether oxygens (including phenoxy) is 1. The Labute approximate surface area is 120 Å². The second kappa shape index (κ2) is 6.25. The quantitative estimate of drug-likeness (QED) is 0.886. The van der Waals surface area contributed by atoms with Gasteiger partial charge in [-0.1, -0.05) is 12.1 Å². The van der Waals surface area contributed by atoms with Crippen LogP contribution in [0.3, 0.4) is 0 Å². The second-order valence-electron chi connectivity index (χ2n) is 5.72. The van der Waals surface area contributed by atoms with Crippen molar-refractivity contribution in [2.45, 2.75) is 25.4 Å². The molecule has 4 nitrogen and oxygen atoms in total. The summed E-state index contributed by atoms with van der Waals surface area (Å²) < 4.78 is 5.34. The number of piperidine rings is 3. The highest BCUT2D eigenvalue weighted by atomic mass is 16.5. The molecule has 0 amide bonds. The molecule has 1 N–H and O–H groups in total. The number of rotatable bonds is 5. The maximum atomic E-state index is 8.54. The molecular formula is C16H21N3O. The largest absolute Gasteiger partial charge is 0.479 e. The van der Waals surface area contributed by atoms with Crippen molar-refractivity contribution in [1.82, 2.24) is 10.2 Å². The van der Waals surface area contributed by atoms with Crippen LogP contribution in [0, 0.1) is 17.2 Å². The molecule has 1 aromatic carbocycles. The molecule has 1 atom stereocenters. The van der Waals surface area contributed by atoms with Gasteiger partial charge in [0.05, 0.1) is 0 Å². The van der Waals surface area contributed by atoms with E-state index >= 15 is 0 Å². The van der Waals surface area contributed by atoms with E-state index in [1.54, 1.807) is 0 Å². The van der Waals surface area contributed by atoms with E-state index in [0.717, 1.165) is 18.2 Å². The van der Waals surface area contributed by atoms with Crippen LogP contribution in [0.5, 0.6) is 5.75 Å². The molecule has 2 bridgehead atoms. The Balaban J connectivity index is 1.54. The Bertz CT molecular complexity index is 489. The summed E-state index contributed by atoms with van der Waals surface area (Å²) in [5.41, 5.74) is 1.22. The van der Waals surface area contributed by atoms with Crippen molar-refractivity contribution >= 4 is 0 Å². The minimum Gasteiger partial charge on any atom is -0.479 e. The summed E-state index contributed by atoms with van der Waals surface area (Å²) in [6, 6.07) is 10.6. The third kappa shape index (κ3) is 3.12. The summed E-state index contributed by atoms with van der Waals surface area (Å²) in [7, 11) is 0. The Morgan fingerprint density at radius 3 is 2.90 bits per heavy atom. The zero-order chi connectivity index (χ0) is 13.8. The molecule has 106 valence electrons. The number of fused-ring (bicyclic) bond motifs is 3. The molecule has 0 aliphatic carbocycles. The van der Waals surface area contributed by atoms with Gasteiger partial charge in [-0.15, -0.1) is 0 Å². The molecule has 3 heterocycles. The molecular weight excluding hydrogens is 250 g/mol. The maximum Gasteiger partial charge on any atom is 0.174 e. The van der Waals surface area contributed by atoms with E-state index in [2.05, 4.69) is 16.3 Å². The van der Waals surface area contributed by atoms with Crippen molar-refractivity contribution in [3.05, 3.63) is 29.8 Å². The zero-order valence-corrected chi connectivity index (χ0v) is 11.7. The zero-order valence-electron chi connectivity index (χ0n) is 11.7. The van der Waals surface area contributed by atoms with Crippen LogP contribution in [-0.2, 0) is 6.54 Å². The van der Waals surface area contributed by atoms with Gasteiger partial charge in [0.15, 0.2) is 6.61 Å². The fourth-order valence-corrected chi connectivity index (χ4v) is 3.31. The molecule has 1 unspecified atom stereocenters. The van der Waals surface area contributed by atoms with Crippen LogP contribution < -0.4 is 10.1 Å². The lowest BCUT2D eigenvalue weighted by atomic mass is 9.84. The smallest absolute Gasteiger partial charge is 0.174 e. The molecule has 3 saturated heterocycles. The molecule has 3 fully saturated rings. The molecule has 0 saturated carbocycles. The number of hydrogen-bond acceptors (Lipinski definition) is 4. The first-order chi connectivity index (χ1) is 9.85. The van der Waals surface area contributed by atoms with E-state index in [9.17, 15) is 0 Å². The lowest BCUT2D eigenvalue weighted by Gasteiger charge is -2.45. The van der Waals surface area contributed by atoms with Gasteiger partial charge in [0.1, 0.15) is 11.8 Å². The van der Waals surface area contributed by atoms with Crippen molar-refractivity contribution in [2.24, 2.45) is 5.92 Å². The molecule has 20 heavy (non-hydrogen) atoms. The average Bonchev–Trinajstić information content (AvgIpc) is 2.52. The first-order valence-corrected chi connectivity index (χ1v) is 7.39. The van der Waals surface area contributed by atoms with Gasteiger partial charge in [-0.25, -0.2) is 0 Å². The Morgan fingerprint density at radius 1 is 1.35 bits per heavy atom. The lowest BCUT2D eigenvalue weighted by molar-refractivity contribution is 0.0720. The molecule has 1 aromatic rings. The normalized spacial score (nSPS) is 28.1. The van der Waals surface area contributed by atoms with Gasteiger partial charge < -0.3 is 15.0 Å². The van der Waals surface area contributed by atoms with E-state index in [1.165, 1.54) is 38.0 Å². The van der Waals surface area contributed by atoms with Crippen molar-refractivity contribution in [3.8, 4) is 11.8 Å². The summed E-state index contributed by atoms with van der Waals surface area (Å²) in [4.78, 5) is 2.56. The second-order valence-corrected chi connectivity index (χ2v) is 5.72. The molecule has 0 spiro atoms. The van der Waals surface area contributed by atoms with Gasteiger partial charge in [0.2, 0.25) is 0 Å². The third-order valence-electron chi connectivity index (χ3n) is 4.43. The van der Waals surface area contributed by atoms with E-state index < -0.39 is 0 Å². The predicted molar refractivity (Wildman–Crippen MR) is 77.3 cm³/mol. The van der Waals surface area contributed by atoms with E-state index in [0.29, 0.717) is 6.04 Å². The number of nitriles is 1. The Morgan fingerprint density at radius 2 is 2.20 bits per heavy atom. The molecule has 4 heteroatoms. The predicted octanol–water partition coefficient (Wildman–Crippen LogP) is 1.77. The summed E-state index contributed by atoms with van der Waals surface area (Å²) in [6.45, 7) is 4.73. The highest BCUT2D eigenvalue weighted by molar-refractivity contribution is 5.28. The van der Waals surface area contributed by atoms with Crippen molar-refractivity contribution in [1.29, 1.82) is 5.26 Å². The first kappa shape index (κ1) is 13.4. The highest BCUT2D eigenvalue weighted by Crippen LogP contribution is 2.27. The summed E-state index contributed by atoms with van der Waals surface area (Å²) in [6.07, 6.45) is 2.67. The van der Waals surface area contributed by atoms with Crippen LogP contribution in [0.2, 0.25) is 0 Å². The minimum atomic E-state index is 0.108. The minimum absolute atomic E-state index is 0.108. The van der Waals surface area contributed by atoms with Crippen LogP contribution in [0.4, 0.5) is 0 Å². The Hall–Kier alpha value is -1.57. The molecule has 3 aliphatic rings. The number of nitrogens with zero attached hydrogens (tertiary/aromatic N) is 2. The van der Waals surface area contributed by atoms with Crippen LogP contribution in [0.25, 0.3) is 0 Å². The number of benzene rings is 1. The molecule has 4 rings (SSSR count). The van der Waals surface area contributed by atoms with Crippen molar-refractivity contribution in [3.63, 3.8) is 0 Å². The van der Waals surface area contributed by atoms with Gasteiger partial charge in [-0.05, 0) is 49.5 Å². The van der Waals surface area contributed by atoms with Gasteiger partial charge in [-0.2, -0.15) is 5.26 Å². The SMILES string of the molecule is N#CCOc1cccc(CNC2CN3CCC2CC3)c1. The third-order valence-corrected chi connectivity index (χ3v) is 4.43. The lowest BCUT2D eigenvalue weighted by Crippen LogP contribution is -2.55. The summed E-state index contributed by atoms with van der Waals surface area (Å²) in [5, 5.41) is 12.2. The van der Waals surface area contributed by atoms with Crippen molar-refractivity contribution in [2.75, 3.05) is 26.2 Å². The van der Waals surface area contributed by atoms with Crippen LogP contribution in [-0.4, -0.2) is 37.2 Å². The van der Waals surface area contributed by atoms with Crippen LogP contribution >= 0.6 is 0 Å². The Kier molecular flexibility index (Phi) is 4.19. The molecule has 0 radical (unpaired) electrons. The van der Waals surface area contributed by atoms with Gasteiger partial charge in [0.25, 0.3) is 0 Å². The summed E-state index contributed by atoms with van der Waals surface area (Å²) in [5.74, 6) is 1.62. The first-order valence-electron chi connectivity index (χ1n) is 7.39. The fraction of sp³-hybridized carbons (Fsp3) is 0.562. The number of hydrogen-bond donors (Lipinski definition) is 1. The fourth-order valence-electron chi connectivity index (χ4n) is 3.31. The van der Waals surface area contributed by atoms with E-state index in [4.69, 9.17) is 10.00 Å². The molecule has 0 aromatic heterocycles. The summed E-state index contributed by atoms with van der Waals surface area (Å²) >= 11 is 0. The van der Waals surface area contributed by atoms with E-state index in [-0.39, 0.29) is 6.61 Å². The van der Waals surface area contributed by atoms with E-state index in [1.807, 2.05) is 24.3 Å². The van der Waals surface area contributed by atoms with Gasteiger partial charge in [-0.3, -0.25) is 0 Å². The highest BCUT2D eigenvalue weighted by Gasteiger charge is 2.33. The average molecular weight is 271 g/mol. The van der Waals surface area contributed by atoms with Gasteiger partial charge >= 0.3 is 0 Å². The monoisotopic (exact) mass is 271 g/mol. The standard InChI is InChI=1S/C16H21N3O/c17-6-9-20-15-3-1-2-13(10-15)11-18-16-12-19-7-4-14(16)5-8-19/h1-3,10,14,16,18H,4-5,7-9,11-12H2. The van der Waals surface area contributed by atoms with Crippen molar-refractivity contribution < 1.29 is 4.74 Å². The van der Waals surface area contributed by atoms with Crippen LogP contribution in [0.1, 0.15) is 18.4 Å². The molecule has 3 aliphatic heterocycles. The van der Waals surface area contributed by atoms with Gasteiger partial charge in [0, 0.05) is 19.1 Å². The van der Waals surface area contributed by atoms with Crippen LogP contribution in [0.15, 0.2) is 24.3 Å². The maximum absolute atomic E-state index is 8.54. The number of nitrogens with one attached hydrogen (secondary N) is 1.